The number of aryl methyl sites for hydroxylation is 1. The molecule has 1 amide bonds. The van der Waals surface area contributed by atoms with Gasteiger partial charge in [-0.3, -0.25) is 4.79 Å². The van der Waals surface area contributed by atoms with Gasteiger partial charge in [0.25, 0.3) is 5.91 Å². The number of rotatable bonds is 9. The van der Waals surface area contributed by atoms with Crippen molar-refractivity contribution in [1.82, 2.24) is 5.43 Å². The summed E-state index contributed by atoms with van der Waals surface area (Å²) < 4.78 is 11.6. The summed E-state index contributed by atoms with van der Waals surface area (Å²) in [5, 5.41) is 4.05. The molecular formula is C29H26N2O3. The Morgan fingerprint density at radius 1 is 0.735 bits per heavy atom. The molecule has 0 unspecified atom stereocenters. The third-order valence-electron chi connectivity index (χ3n) is 5.15. The van der Waals surface area contributed by atoms with Crippen LogP contribution in [0.2, 0.25) is 0 Å². The first-order valence-corrected chi connectivity index (χ1v) is 11.0. The minimum absolute atomic E-state index is 0.288. The summed E-state index contributed by atoms with van der Waals surface area (Å²) in [6, 6.07) is 32.7. The maximum absolute atomic E-state index is 12.3. The molecule has 0 saturated carbocycles. The number of nitrogens with one attached hydrogen (secondary N) is 1. The van der Waals surface area contributed by atoms with E-state index in [1.54, 1.807) is 30.5 Å². The highest BCUT2D eigenvalue weighted by Gasteiger charge is 2.05. The van der Waals surface area contributed by atoms with Crippen molar-refractivity contribution in [3.63, 3.8) is 0 Å². The summed E-state index contributed by atoms with van der Waals surface area (Å²) in [5.74, 6) is 1.19. The molecule has 4 rings (SSSR count). The molecule has 0 aromatic heterocycles. The maximum atomic E-state index is 12.3. The summed E-state index contributed by atoms with van der Waals surface area (Å²) >= 11 is 0. The van der Waals surface area contributed by atoms with E-state index in [-0.39, 0.29) is 5.91 Å². The Balaban J connectivity index is 1.23. The molecule has 0 atom stereocenters. The van der Waals surface area contributed by atoms with Crippen molar-refractivity contribution in [2.45, 2.75) is 20.1 Å². The Morgan fingerprint density at radius 3 is 1.91 bits per heavy atom. The van der Waals surface area contributed by atoms with Crippen molar-refractivity contribution in [3.8, 4) is 11.5 Å². The summed E-state index contributed by atoms with van der Waals surface area (Å²) in [6.45, 7) is 3.05. The lowest BCUT2D eigenvalue weighted by Crippen LogP contribution is -2.17. The van der Waals surface area contributed by atoms with Gasteiger partial charge in [-0.1, -0.05) is 60.2 Å². The third-order valence-corrected chi connectivity index (χ3v) is 5.15. The lowest BCUT2D eigenvalue weighted by molar-refractivity contribution is 0.0955. The molecule has 170 valence electrons. The topological polar surface area (TPSA) is 59.9 Å². The summed E-state index contributed by atoms with van der Waals surface area (Å²) in [5.41, 5.74) is 7.34. The second kappa shape index (κ2) is 11.5. The summed E-state index contributed by atoms with van der Waals surface area (Å²) in [6.07, 6.45) is 1.60. The Morgan fingerprint density at radius 2 is 1.29 bits per heavy atom. The Kier molecular flexibility index (Phi) is 7.70. The number of hydrogen-bond acceptors (Lipinski definition) is 4. The van der Waals surface area contributed by atoms with E-state index in [1.165, 1.54) is 5.56 Å². The molecule has 0 spiro atoms. The first kappa shape index (κ1) is 22.8. The third kappa shape index (κ3) is 6.81. The zero-order valence-corrected chi connectivity index (χ0v) is 19.0. The molecule has 0 aliphatic rings. The van der Waals surface area contributed by atoms with Gasteiger partial charge >= 0.3 is 0 Å². The highest BCUT2D eigenvalue weighted by Crippen LogP contribution is 2.15. The van der Waals surface area contributed by atoms with Crippen LogP contribution < -0.4 is 14.9 Å². The molecule has 0 bridgehead atoms. The SMILES string of the molecule is Cc1ccc(COc2ccc(C=NNC(=O)c3ccc(OCc4ccccc4)cc3)cc2)cc1. The van der Waals surface area contributed by atoms with Gasteiger partial charge in [0.15, 0.2) is 0 Å². The van der Waals surface area contributed by atoms with E-state index in [1.807, 2.05) is 54.6 Å². The normalized spacial score (nSPS) is 10.7. The van der Waals surface area contributed by atoms with Gasteiger partial charge in [0, 0.05) is 5.56 Å². The van der Waals surface area contributed by atoms with Crippen LogP contribution in [0.1, 0.15) is 32.6 Å². The molecule has 4 aromatic rings. The number of carbonyl (C=O) groups excluding carboxylic acids is 1. The van der Waals surface area contributed by atoms with Crippen LogP contribution in [0.25, 0.3) is 0 Å². The Hall–Kier alpha value is -4.38. The van der Waals surface area contributed by atoms with Gasteiger partial charge < -0.3 is 9.47 Å². The van der Waals surface area contributed by atoms with E-state index >= 15 is 0 Å². The van der Waals surface area contributed by atoms with Crippen LogP contribution in [0.4, 0.5) is 0 Å². The quantitative estimate of drug-likeness (QED) is 0.254. The minimum Gasteiger partial charge on any atom is -0.489 e. The highest BCUT2D eigenvalue weighted by atomic mass is 16.5. The predicted molar refractivity (Wildman–Crippen MR) is 134 cm³/mol. The number of ether oxygens (including phenoxy) is 2. The van der Waals surface area contributed by atoms with Gasteiger partial charge in [-0.05, 0) is 72.1 Å². The van der Waals surface area contributed by atoms with Crippen molar-refractivity contribution in [1.29, 1.82) is 0 Å². The molecule has 4 aromatic carbocycles. The van der Waals surface area contributed by atoms with E-state index in [2.05, 4.69) is 41.7 Å². The molecule has 0 heterocycles. The lowest BCUT2D eigenvalue weighted by atomic mass is 10.2. The summed E-state index contributed by atoms with van der Waals surface area (Å²) in [7, 11) is 0. The Bertz CT molecular complexity index is 1220. The number of benzene rings is 4. The molecular weight excluding hydrogens is 424 g/mol. The molecule has 0 radical (unpaired) electrons. The van der Waals surface area contributed by atoms with Gasteiger partial charge in [-0.15, -0.1) is 0 Å². The largest absolute Gasteiger partial charge is 0.489 e. The van der Waals surface area contributed by atoms with Crippen LogP contribution in [0.3, 0.4) is 0 Å². The van der Waals surface area contributed by atoms with Crippen LogP contribution in [-0.4, -0.2) is 12.1 Å². The molecule has 5 nitrogen and oxygen atoms in total. The van der Waals surface area contributed by atoms with Crippen molar-refractivity contribution in [2.24, 2.45) is 5.10 Å². The first-order valence-electron chi connectivity index (χ1n) is 11.0. The van der Waals surface area contributed by atoms with E-state index in [0.717, 1.165) is 22.4 Å². The van der Waals surface area contributed by atoms with Crippen LogP contribution >= 0.6 is 0 Å². The van der Waals surface area contributed by atoms with E-state index < -0.39 is 0 Å². The average Bonchev–Trinajstić information content (AvgIpc) is 2.89. The van der Waals surface area contributed by atoms with Gasteiger partial charge in [0.2, 0.25) is 0 Å². The van der Waals surface area contributed by atoms with Crippen LogP contribution in [0.15, 0.2) is 108 Å². The van der Waals surface area contributed by atoms with Crippen molar-refractivity contribution < 1.29 is 14.3 Å². The minimum atomic E-state index is -0.288. The first-order chi connectivity index (χ1) is 16.7. The number of hydrogen-bond donors (Lipinski definition) is 1. The monoisotopic (exact) mass is 450 g/mol. The second-order valence-corrected chi connectivity index (χ2v) is 7.84. The number of amides is 1. The fraction of sp³-hybridized carbons (Fsp3) is 0.103. The van der Waals surface area contributed by atoms with Gasteiger partial charge in [-0.2, -0.15) is 5.10 Å². The summed E-state index contributed by atoms with van der Waals surface area (Å²) in [4.78, 5) is 12.3. The van der Waals surface area contributed by atoms with Crippen LogP contribution in [0, 0.1) is 6.92 Å². The second-order valence-electron chi connectivity index (χ2n) is 7.84. The Labute approximate surface area is 199 Å². The van der Waals surface area contributed by atoms with E-state index in [4.69, 9.17) is 9.47 Å². The average molecular weight is 451 g/mol. The van der Waals surface area contributed by atoms with E-state index in [9.17, 15) is 4.79 Å². The predicted octanol–water partition coefficient (Wildman–Crippen LogP) is 5.92. The molecule has 34 heavy (non-hydrogen) atoms. The lowest BCUT2D eigenvalue weighted by Gasteiger charge is -2.07. The smallest absolute Gasteiger partial charge is 0.271 e. The van der Waals surface area contributed by atoms with E-state index in [0.29, 0.717) is 24.5 Å². The zero-order valence-electron chi connectivity index (χ0n) is 19.0. The molecule has 5 heteroatoms. The van der Waals surface area contributed by atoms with Crippen molar-refractivity contribution in [2.75, 3.05) is 0 Å². The zero-order chi connectivity index (χ0) is 23.6. The fourth-order valence-corrected chi connectivity index (χ4v) is 3.17. The molecule has 0 aliphatic heterocycles. The molecule has 0 saturated heterocycles. The van der Waals surface area contributed by atoms with Crippen LogP contribution in [0.5, 0.6) is 11.5 Å². The van der Waals surface area contributed by atoms with Gasteiger partial charge in [0.05, 0.1) is 6.21 Å². The highest BCUT2D eigenvalue weighted by molar-refractivity contribution is 5.95. The fourth-order valence-electron chi connectivity index (χ4n) is 3.17. The number of hydrazone groups is 1. The standard InChI is InChI=1S/C29H26N2O3/c1-22-7-9-25(10-8-22)21-34-27-15-11-23(12-16-27)19-30-31-29(32)26-13-17-28(18-14-26)33-20-24-5-3-2-4-6-24/h2-19H,20-21H2,1H3,(H,31,32). The van der Waals surface area contributed by atoms with Gasteiger partial charge in [-0.25, -0.2) is 5.43 Å². The molecule has 0 fully saturated rings. The molecule has 0 aliphatic carbocycles. The molecule has 1 N–H and O–H groups in total. The maximum Gasteiger partial charge on any atom is 0.271 e. The van der Waals surface area contributed by atoms with Crippen LogP contribution in [-0.2, 0) is 13.2 Å². The number of nitrogens with zero attached hydrogens (tertiary/aromatic N) is 1. The van der Waals surface area contributed by atoms with Crippen molar-refractivity contribution >= 4 is 12.1 Å². The van der Waals surface area contributed by atoms with Crippen molar-refractivity contribution in [3.05, 3.63) is 131 Å². The van der Waals surface area contributed by atoms with Gasteiger partial charge in [0.1, 0.15) is 24.7 Å². The number of carbonyl (C=O) groups is 1.